The number of benzene rings is 2. The van der Waals surface area contributed by atoms with Gasteiger partial charge in [-0.25, -0.2) is 0 Å². The van der Waals surface area contributed by atoms with Crippen LogP contribution in [0, 0.1) is 17.8 Å². The van der Waals surface area contributed by atoms with E-state index in [0.717, 1.165) is 17.1 Å². The van der Waals surface area contributed by atoms with Gasteiger partial charge in [-0.2, -0.15) is 0 Å². The van der Waals surface area contributed by atoms with Crippen LogP contribution in [0.1, 0.15) is 41.1 Å². The Kier molecular flexibility index (Phi) is 4.24. The first kappa shape index (κ1) is 16.2. The van der Waals surface area contributed by atoms with Gasteiger partial charge in [-0.3, -0.25) is 4.79 Å². The molecule has 130 valence electrons. The van der Waals surface area contributed by atoms with Crippen LogP contribution >= 0.6 is 0 Å². The molecule has 0 radical (unpaired) electrons. The van der Waals surface area contributed by atoms with Gasteiger partial charge in [-0.05, 0) is 79.0 Å². The van der Waals surface area contributed by atoms with Crippen LogP contribution in [0.5, 0.6) is 11.5 Å². The third-order valence-electron chi connectivity index (χ3n) is 6.09. The molecule has 4 rings (SSSR count). The van der Waals surface area contributed by atoms with Crippen molar-refractivity contribution in [2.24, 2.45) is 17.8 Å². The second kappa shape index (κ2) is 6.55. The molecule has 0 unspecified atom stereocenters. The molecule has 0 amide bonds. The van der Waals surface area contributed by atoms with E-state index >= 15 is 0 Å². The second-order valence-corrected chi connectivity index (χ2v) is 7.25. The lowest BCUT2D eigenvalue weighted by Gasteiger charge is -2.30. The van der Waals surface area contributed by atoms with Gasteiger partial charge in [0.05, 0.1) is 14.2 Å². The molecule has 2 aromatic carbocycles. The summed E-state index contributed by atoms with van der Waals surface area (Å²) in [6.45, 7) is 0. The van der Waals surface area contributed by atoms with Gasteiger partial charge >= 0.3 is 0 Å². The number of fused-ring (bicyclic) bond motifs is 2. The Labute approximate surface area is 149 Å². The van der Waals surface area contributed by atoms with Crippen LogP contribution in [0.25, 0.3) is 0 Å². The largest absolute Gasteiger partial charge is 0.497 e. The van der Waals surface area contributed by atoms with E-state index in [4.69, 9.17) is 9.47 Å². The number of hydrogen-bond acceptors (Lipinski definition) is 3. The van der Waals surface area contributed by atoms with Gasteiger partial charge in [0.25, 0.3) is 0 Å². The summed E-state index contributed by atoms with van der Waals surface area (Å²) >= 11 is 0. The zero-order chi connectivity index (χ0) is 17.4. The molecule has 2 aliphatic rings. The van der Waals surface area contributed by atoms with E-state index in [1.54, 1.807) is 14.2 Å². The van der Waals surface area contributed by atoms with Crippen LogP contribution in [0.3, 0.4) is 0 Å². The zero-order valence-electron chi connectivity index (χ0n) is 14.8. The lowest BCUT2D eigenvalue weighted by molar-refractivity contribution is 0.0853. The van der Waals surface area contributed by atoms with Gasteiger partial charge in [0.15, 0.2) is 5.78 Å². The van der Waals surface area contributed by atoms with Crippen molar-refractivity contribution in [1.29, 1.82) is 0 Å². The minimum absolute atomic E-state index is 0.0977. The molecule has 2 aliphatic carbocycles. The summed E-state index contributed by atoms with van der Waals surface area (Å²) in [7, 11) is 3.33. The molecule has 0 heterocycles. The van der Waals surface area contributed by atoms with Crippen LogP contribution in [0.15, 0.2) is 48.5 Å². The number of rotatable bonds is 5. The van der Waals surface area contributed by atoms with Gasteiger partial charge in [0.1, 0.15) is 11.5 Å². The van der Waals surface area contributed by atoms with Gasteiger partial charge < -0.3 is 9.47 Å². The fourth-order valence-electron chi connectivity index (χ4n) is 4.92. The quantitative estimate of drug-likeness (QED) is 0.741. The Bertz CT molecular complexity index is 748. The molecular formula is C22H24O3. The fraction of sp³-hybridized carbons (Fsp3) is 0.409. The molecule has 4 atom stereocenters. The summed E-state index contributed by atoms with van der Waals surface area (Å²) in [5.74, 6) is 3.52. The predicted molar refractivity (Wildman–Crippen MR) is 97.4 cm³/mol. The number of ketones is 1. The number of ether oxygens (including phenoxy) is 2. The van der Waals surface area contributed by atoms with Crippen LogP contribution in [0.2, 0.25) is 0 Å². The van der Waals surface area contributed by atoms with Crippen molar-refractivity contribution >= 4 is 5.78 Å². The molecule has 0 aliphatic heterocycles. The lowest BCUT2D eigenvalue weighted by atomic mass is 9.72. The van der Waals surface area contributed by atoms with Crippen molar-refractivity contribution in [2.45, 2.75) is 25.2 Å². The second-order valence-electron chi connectivity index (χ2n) is 7.25. The van der Waals surface area contributed by atoms with Crippen molar-refractivity contribution in [1.82, 2.24) is 0 Å². The summed E-state index contributed by atoms with van der Waals surface area (Å²) in [6.07, 6.45) is 3.61. The van der Waals surface area contributed by atoms with E-state index < -0.39 is 0 Å². The summed E-state index contributed by atoms with van der Waals surface area (Å²) in [4.78, 5) is 13.3. The third-order valence-corrected chi connectivity index (χ3v) is 6.09. The van der Waals surface area contributed by atoms with Crippen molar-refractivity contribution in [2.75, 3.05) is 14.2 Å². The standard InChI is InChI=1S/C22H24O3/c1-24-18-9-5-14(6-10-18)20-16-3-4-17(13-16)21(20)22(23)15-7-11-19(25-2)12-8-15/h5-12,16-17,20-21H,3-4,13H2,1-2H3/t16-,17+,20-,21+/m1/s1. The van der Waals surface area contributed by atoms with Gasteiger partial charge in [0, 0.05) is 11.5 Å². The average Bonchev–Trinajstić information content (AvgIpc) is 3.29. The summed E-state index contributed by atoms with van der Waals surface area (Å²) in [5, 5.41) is 0. The summed E-state index contributed by atoms with van der Waals surface area (Å²) < 4.78 is 10.5. The van der Waals surface area contributed by atoms with Crippen LogP contribution in [-0.2, 0) is 0 Å². The maximum atomic E-state index is 13.3. The van der Waals surface area contributed by atoms with E-state index in [2.05, 4.69) is 12.1 Å². The molecule has 2 saturated carbocycles. The Morgan fingerprint density at radius 3 is 2.00 bits per heavy atom. The fourth-order valence-corrected chi connectivity index (χ4v) is 4.92. The Morgan fingerprint density at radius 2 is 1.40 bits per heavy atom. The highest BCUT2D eigenvalue weighted by Gasteiger charge is 2.51. The van der Waals surface area contributed by atoms with Crippen molar-refractivity contribution < 1.29 is 14.3 Å². The maximum absolute atomic E-state index is 13.3. The first-order chi connectivity index (χ1) is 12.2. The summed E-state index contributed by atoms with van der Waals surface area (Å²) in [5.41, 5.74) is 2.08. The molecule has 2 aromatic rings. The minimum atomic E-state index is 0.0977. The topological polar surface area (TPSA) is 35.5 Å². The first-order valence-electron chi connectivity index (χ1n) is 9.03. The molecule has 0 aromatic heterocycles. The van der Waals surface area contributed by atoms with Crippen molar-refractivity contribution in [3.05, 3.63) is 59.7 Å². The average molecular weight is 336 g/mol. The normalized spacial score (nSPS) is 27.3. The highest BCUT2D eigenvalue weighted by atomic mass is 16.5. The molecule has 0 saturated heterocycles. The van der Waals surface area contributed by atoms with E-state index in [9.17, 15) is 4.79 Å². The van der Waals surface area contributed by atoms with Gasteiger partial charge in [-0.1, -0.05) is 12.1 Å². The smallest absolute Gasteiger partial charge is 0.166 e. The molecule has 3 nitrogen and oxygen atoms in total. The highest BCUT2D eigenvalue weighted by molar-refractivity contribution is 5.99. The monoisotopic (exact) mass is 336 g/mol. The number of methoxy groups -OCH3 is 2. The minimum Gasteiger partial charge on any atom is -0.497 e. The van der Waals surface area contributed by atoms with Crippen molar-refractivity contribution in [3.8, 4) is 11.5 Å². The van der Waals surface area contributed by atoms with E-state index in [0.29, 0.717) is 17.8 Å². The molecule has 2 bridgehead atoms. The number of carbonyl (C=O) groups excluding carboxylic acids is 1. The Morgan fingerprint density at radius 1 is 0.840 bits per heavy atom. The van der Waals surface area contributed by atoms with E-state index in [1.807, 2.05) is 36.4 Å². The van der Waals surface area contributed by atoms with Crippen LogP contribution in [0.4, 0.5) is 0 Å². The SMILES string of the molecule is COc1ccc(C(=O)[C@H]2[C@H]3CC[C@H](C3)[C@H]2c2ccc(OC)cc2)cc1. The Hall–Kier alpha value is -2.29. The first-order valence-corrected chi connectivity index (χ1v) is 9.03. The van der Waals surface area contributed by atoms with Crippen LogP contribution < -0.4 is 9.47 Å². The zero-order valence-corrected chi connectivity index (χ0v) is 14.8. The maximum Gasteiger partial charge on any atom is 0.166 e. The molecule has 0 N–H and O–H groups in total. The highest BCUT2D eigenvalue weighted by Crippen LogP contribution is 2.57. The summed E-state index contributed by atoms with van der Waals surface area (Å²) in [6, 6.07) is 15.9. The molecular weight excluding hydrogens is 312 g/mol. The Balaban J connectivity index is 1.64. The van der Waals surface area contributed by atoms with E-state index in [1.165, 1.54) is 24.8 Å². The lowest BCUT2D eigenvalue weighted by Crippen LogP contribution is -2.28. The number of carbonyl (C=O) groups is 1. The van der Waals surface area contributed by atoms with Gasteiger partial charge in [0.2, 0.25) is 0 Å². The third kappa shape index (κ3) is 2.82. The number of hydrogen-bond donors (Lipinski definition) is 0. The van der Waals surface area contributed by atoms with E-state index in [-0.39, 0.29) is 11.7 Å². The number of Topliss-reactive ketones (excluding diaryl/α,β-unsaturated/α-hetero) is 1. The molecule has 2 fully saturated rings. The van der Waals surface area contributed by atoms with Gasteiger partial charge in [-0.15, -0.1) is 0 Å². The van der Waals surface area contributed by atoms with Crippen LogP contribution in [-0.4, -0.2) is 20.0 Å². The molecule has 25 heavy (non-hydrogen) atoms. The molecule has 3 heteroatoms. The van der Waals surface area contributed by atoms with Crippen molar-refractivity contribution in [3.63, 3.8) is 0 Å². The predicted octanol–water partition coefficient (Wildman–Crippen LogP) is 4.72. The molecule has 0 spiro atoms.